The molecule has 2 amide bonds. The van der Waals surface area contributed by atoms with Crippen LogP contribution in [0.1, 0.15) is 6.92 Å². The molecule has 0 radical (unpaired) electrons. The number of ether oxygens (including phenoxy) is 1. The summed E-state index contributed by atoms with van der Waals surface area (Å²) >= 11 is 1.93. The molecular weight excluding hydrogens is 427 g/mol. The highest BCUT2D eigenvalue weighted by atomic mass is 127. The zero-order valence-corrected chi connectivity index (χ0v) is 15.1. The number of para-hydroxylation sites is 1. The van der Waals surface area contributed by atoms with E-state index in [4.69, 9.17) is 4.74 Å². The minimum atomic E-state index is -1.14. The number of amides is 2. The molecule has 7 nitrogen and oxygen atoms in total. The Morgan fingerprint density at radius 1 is 1.42 bits per heavy atom. The number of benzene rings is 1. The van der Waals surface area contributed by atoms with E-state index in [-0.39, 0.29) is 6.61 Å². The lowest BCUT2D eigenvalue weighted by Crippen LogP contribution is -2.72. The van der Waals surface area contributed by atoms with Crippen molar-refractivity contribution in [2.24, 2.45) is 0 Å². The normalized spacial score (nSPS) is 20.8. The predicted molar refractivity (Wildman–Crippen MR) is 94.8 cm³/mol. The van der Waals surface area contributed by atoms with Crippen molar-refractivity contribution in [3.05, 3.63) is 42.5 Å². The topological polar surface area (TPSA) is 95.9 Å². The first kappa shape index (κ1) is 18.2. The second-order valence-electron chi connectivity index (χ2n) is 5.35. The number of hydrogen-bond acceptors (Lipinski definition) is 4. The van der Waals surface area contributed by atoms with Gasteiger partial charge in [-0.3, -0.25) is 9.59 Å². The molecule has 1 aliphatic heterocycles. The van der Waals surface area contributed by atoms with Crippen LogP contribution in [0.4, 0.5) is 0 Å². The summed E-state index contributed by atoms with van der Waals surface area (Å²) in [4.78, 5) is 36.6. The van der Waals surface area contributed by atoms with E-state index in [1.54, 1.807) is 31.2 Å². The number of likely N-dealkylation sites (tertiary alicyclic amines) is 1. The van der Waals surface area contributed by atoms with Gasteiger partial charge in [-0.2, -0.15) is 0 Å². The molecule has 0 aliphatic carbocycles. The fraction of sp³-hybridized carbons (Fsp3) is 0.312. The highest BCUT2D eigenvalue weighted by Gasteiger charge is 2.51. The lowest BCUT2D eigenvalue weighted by molar-refractivity contribution is -0.159. The maximum Gasteiger partial charge on any atom is 0.330 e. The minimum absolute atomic E-state index is 0.222. The van der Waals surface area contributed by atoms with E-state index in [1.165, 1.54) is 4.90 Å². The Morgan fingerprint density at radius 2 is 2.04 bits per heavy atom. The van der Waals surface area contributed by atoms with E-state index in [0.29, 0.717) is 11.3 Å². The molecule has 2 rings (SSSR count). The fourth-order valence-corrected chi connectivity index (χ4v) is 3.41. The summed E-state index contributed by atoms with van der Waals surface area (Å²) in [7, 11) is 0. The Balaban J connectivity index is 1.90. The number of carbonyl (C=O) groups excluding carboxylic acids is 2. The lowest BCUT2D eigenvalue weighted by atomic mass is 10.00. The quantitative estimate of drug-likeness (QED) is 0.217. The van der Waals surface area contributed by atoms with Gasteiger partial charge >= 0.3 is 5.97 Å². The van der Waals surface area contributed by atoms with Gasteiger partial charge in [0.25, 0.3) is 5.91 Å². The molecule has 24 heavy (non-hydrogen) atoms. The standard InChI is InChI=1S/C16H17IN2O5/c1-9(2)13(16(22)23)19-14(17)12(15(19)21)18-11(20)8-24-10-6-4-3-5-7-10/h3-7,12-14H,1,8H2,2H3,(H,18,20)(H,22,23). The third kappa shape index (κ3) is 3.86. The Hall–Kier alpha value is -2.10. The zero-order chi connectivity index (χ0) is 17.9. The zero-order valence-electron chi connectivity index (χ0n) is 12.9. The second kappa shape index (κ2) is 7.65. The average Bonchev–Trinajstić information content (AvgIpc) is 2.55. The van der Waals surface area contributed by atoms with Crippen molar-refractivity contribution in [1.82, 2.24) is 10.2 Å². The highest BCUT2D eigenvalue weighted by Crippen LogP contribution is 2.30. The van der Waals surface area contributed by atoms with Crippen LogP contribution in [0, 0.1) is 0 Å². The first-order chi connectivity index (χ1) is 11.3. The number of carboxylic acids is 1. The third-order valence-corrected chi connectivity index (χ3v) is 4.79. The van der Waals surface area contributed by atoms with Crippen LogP contribution in [0.15, 0.2) is 42.5 Å². The largest absolute Gasteiger partial charge is 0.484 e. The first-order valence-corrected chi connectivity index (χ1v) is 8.39. The van der Waals surface area contributed by atoms with Gasteiger partial charge in [-0.05, 0) is 24.6 Å². The first-order valence-electron chi connectivity index (χ1n) is 7.14. The number of alkyl halides is 1. The van der Waals surface area contributed by atoms with Crippen molar-refractivity contribution in [2.75, 3.05) is 6.61 Å². The number of halogens is 1. The number of carboxylic acid groups (broad SMARTS) is 1. The highest BCUT2D eigenvalue weighted by molar-refractivity contribution is 14.1. The van der Waals surface area contributed by atoms with E-state index >= 15 is 0 Å². The summed E-state index contributed by atoms with van der Waals surface area (Å²) in [6.07, 6.45) is 0. The Morgan fingerprint density at radius 3 is 2.54 bits per heavy atom. The molecule has 1 saturated heterocycles. The Bertz CT molecular complexity index is 650. The van der Waals surface area contributed by atoms with Crippen molar-refractivity contribution in [1.29, 1.82) is 0 Å². The van der Waals surface area contributed by atoms with E-state index in [9.17, 15) is 19.5 Å². The molecular formula is C16H17IN2O5. The van der Waals surface area contributed by atoms with Crippen molar-refractivity contribution in [3.8, 4) is 5.75 Å². The molecule has 1 aliphatic rings. The monoisotopic (exact) mass is 444 g/mol. The van der Waals surface area contributed by atoms with Crippen LogP contribution < -0.4 is 10.1 Å². The molecule has 0 saturated carbocycles. The van der Waals surface area contributed by atoms with E-state index in [1.807, 2.05) is 28.7 Å². The maximum absolute atomic E-state index is 12.2. The number of rotatable bonds is 7. The molecule has 1 aromatic rings. The van der Waals surface area contributed by atoms with Gasteiger partial charge in [-0.25, -0.2) is 4.79 Å². The summed E-state index contributed by atoms with van der Waals surface area (Å²) in [5.41, 5.74) is 0.356. The number of aliphatic carboxylic acids is 1. The molecule has 0 spiro atoms. The predicted octanol–water partition coefficient (Wildman–Crippen LogP) is 1.18. The Kier molecular flexibility index (Phi) is 5.81. The number of nitrogens with one attached hydrogen (secondary N) is 1. The van der Waals surface area contributed by atoms with Crippen molar-refractivity contribution in [2.45, 2.75) is 23.1 Å². The molecule has 0 aromatic heterocycles. The summed E-state index contributed by atoms with van der Waals surface area (Å²) in [5.74, 6) is -1.48. The summed E-state index contributed by atoms with van der Waals surface area (Å²) < 4.78 is 4.85. The summed E-state index contributed by atoms with van der Waals surface area (Å²) in [5, 5.41) is 11.8. The number of carbonyl (C=O) groups is 3. The van der Waals surface area contributed by atoms with Crippen LogP contribution in [0.3, 0.4) is 0 Å². The minimum Gasteiger partial charge on any atom is -0.484 e. The van der Waals surface area contributed by atoms with E-state index in [0.717, 1.165) is 0 Å². The molecule has 128 valence electrons. The van der Waals surface area contributed by atoms with Gasteiger partial charge in [0.2, 0.25) is 5.91 Å². The maximum atomic E-state index is 12.2. The van der Waals surface area contributed by atoms with Crippen molar-refractivity contribution < 1.29 is 24.2 Å². The van der Waals surface area contributed by atoms with Crippen LogP contribution >= 0.6 is 22.6 Å². The molecule has 1 heterocycles. The summed E-state index contributed by atoms with van der Waals surface area (Å²) in [6.45, 7) is 4.94. The van der Waals surface area contributed by atoms with Gasteiger partial charge in [0.1, 0.15) is 15.8 Å². The molecule has 0 bridgehead atoms. The molecule has 3 atom stereocenters. The Labute approximate surface area is 152 Å². The molecule has 3 unspecified atom stereocenters. The van der Waals surface area contributed by atoms with Gasteiger partial charge in [-0.1, -0.05) is 47.4 Å². The van der Waals surface area contributed by atoms with Crippen LogP contribution in [0.2, 0.25) is 0 Å². The molecule has 1 aromatic carbocycles. The van der Waals surface area contributed by atoms with Gasteiger partial charge < -0.3 is 20.1 Å². The average molecular weight is 444 g/mol. The third-order valence-electron chi connectivity index (χ3n) is 3.47. The van der Waals surface area contributed by atoms with Crippen LogP contribution in [0.5, 0.6) is 5.75 Å². The molecule has 2 N–H and O–H groups in total. The van der Waals surface area contributed by atoms with Gasteiger partial charge in [0.05, 0.1) is 0 Å². The number of β-lactam (4-membered cyclic amide) rings is 1. The second-order valence-corrected chi connectivity index (χ2v) is 6.63. The number of nitrogens with zero attached hydrogens (tertiary/aromatic N) is 1. The van der Waals surface area contributed by atoms with Gasteiger partial charge in [0, 0.05) is 0 Å². The molecule has 8 heteroatoms. The van der Waals surface area contributed by atoms with Gasteiger partial charge in [0.15, 0.2) is 12.6 Å². The lowest BCUT2D eigenvalue weighted by Gasteiger charge is -2.47. The van der Waals surface area contributed by atoms with E-state index in [2.05, 4.69) is 11.9 Å². The van der Waals surface area contributed by atoms with Crippen LogP contribution in [0.25, 0.3) is 0 Å². The van der Waals surface area contributed by atoms with Crippen LogP contribution in [-0.4, -0.2) is 50.5 Å². The molecule has 1 fully saturated rings. The SMILES string of the molecule is C=C(C)C(C(=O)O)N1C(=O)C(NC(=O)COc2ccccc2)C1I. The van der Waals surface area contributed by atoms with Gasteiger partial charge in [-0.15, -0.1) is 0 Å². The van der Waals surface area contributed by atoms with Crippen LogP contribution in [-0.2, 0) is 14.4 Å². The van der Waals surface area contributed by atoms with E-state index < -0.39 is 33.9 Å². The summed E-state index contributed by atoms with van der Waals surface area (Å²) in [6, 6.07) is 6.97. The van der Waals surface area contributed by atoms with Crippen molar-refractivity contribution >= 4 is 40.4 Å². The fourth-order valence-electron chi connectivity index (χ4n) is 2.33. The number of hydrogen-bond donors (Lipinski definition) is 2. The smallest absolute Gasteiger partial charge is 0.330 e. The van der Waals surface area contributed by atoms with Crippen molar-refractivity contribution in [3.63, 3.8) is 0 Å².